The lowest BCUT2D eigenvalue weighted by Crippen LogP contribution is -2.46. The molecule has 2 heterocycles. The highest BCUT2D eigenvalue weighted by Crippen LogP contribution is 2.19. The van der Waals surface area contributed by atoms with E-state index >= 15 is 0 Å². The number of carbonyl (C=O) groups is 1. The molecule has 7 heteroatoms. The first-order valence-corrected chi connectivity index (χ1v) is 10.3. The van der Waals surface area contributed by atoms with Crippen LogP contribution < -0.4 is 14.8 Å². The van der Waals surface area contributed by atoms with Crippen LogP contribution in [0.2, 0.25) is 0 Å². The van der Waals surface area contributed by atoms with E-state index < -0.39 is 0 Å². The van der Waals surface area contributed by atoms with Crippen LogP contribution in [0, 0.1) is 0 Å². The summed E-state index contributed by atoms with van der Waals surface area (Å²) in [6.45, 7) is 1.94. The van der Waals surface area contributed by atoms with Gasteiger partial charge in [0.1, 0.15) is 11.9 Å². The van der Waals surface area contributed by atoms with Gasteiger partial charge in [0.15, 0.2) is 0 Å². The average molecular weight is 406 g/mol. The Balaban J connectivity index is 1.20. The number of rotatable bonds is 6. The predicted octanol–water partition coefficient (Wildman–Crippen LogP) is 3.43. The van der Waals surface area contributed by atoms with E-state index in [1.165, 1.54) is 5.56 Å². The summed E-state index contributed by atoms with van der Waals surface area (Å²) in [7, 11) is 1.65. The second-order valence-corrected chi connectivity index (χ2v) is 7.33. The van der Waals surface area contributed by atoms with Crippen LogP contribution in [0.4, 0.5) is 4.79 Å². The van der Waals surface area contributed by atoms with Crippen molar-refractivity contribution < 1.29 is 14.3 Å². The zero-order valence-corrected chi connectivity index (χ0v) is 17.1. The lowest BCUT2D eigenvalue weighted by atomic mass is 10.1. The van der Waals surface area contributed by atoms with Crippen molar-refractivity contribution in [1.82, 2.24) is 20.2 Å². The molecule has 4 rings (SSSR count). The van der Waals surface area contributed by atoms with Crippen molar-refractivity contribution in [3.63, 3.8) is 0 Å². The van der Waals surface area contributed by atoms with Gasteiger partial charge in [-0.3, -0.25) is 0 Å². The minimum atomic E-state index is -0.0209. The van der Waals surface area contributed by atoms with E-state index in [2.05, 4.69) is 15.3 Å². The third-order valence-corrected chi connectivity index (χ3v) is 5.29. The van der Waals surface area contributed by atoms with Crippen LogP contribution in [0.25, 0.3) is 11.0 Å². The second-order valence-electron chi connectivity index (χ2n) is 7.33. The number of fused-ring (bicyclic) bond motifs is 1. The third-order valence-electron chi connectivity index (χ3n) is 5.29. The Morgan fingerprint density at radius 3 is 2.57 bits per heavy atom. The van der Waals surface area contributed by atoms with Gasteiger partial charge >= 0.3 is 6.03 Å². The molecule has 156 valence electrons. The van der Waals surface area contributed by atoms with Gasteiger partial charge in [0.05, 0.1) is 24.3 Å². The van der Waals surface area contributed by atoms with E-state index in [0.717, 1.165) is 36.0 Å². The van der Waals surface area contributed by atoms with Gasteiger partial charge in [-0.15, -0.1) is 0 Å². The van der Waals surface area contributed by atoms with E-state index in [4.69, 9.17) is 9.47 Å². The van der Waals surface area contributed by atoms with E-state index in [1.807, 2.05) is 53.4 Å². The quantitative estimate of drug-likeness (QED) is 0.679. The Morgan fingerprint density at radius 2 is 1.83 bits per heavy atom. The fourth-order valence-electron chi connectivity index (χ4n) is 3.56. The van der Waals surface area contributed by atoms with Gasteiger partial charge in [-0.05, 0) is 36.2 Å². The molecule has 7 nitrogen and oxygen atoms in total. The van der Waals surface area contributed by atoms with Crippen molar-refractivity contribution in [3.8, 4) is 11.6 Å². The smallest absolute Gasteiger partial charge is 0.317 e. The van der Waals surface area contributed by atoms with Gasteiger partial charge < -0.3 is 19.7 Å². The zero-order valence-electron chi connectivity index (χ0n) is 17.1. The number of carbonyl (C=O) groups excluding carboxylic acids is 1. The van der Waals surface area contributed by atoms with Crippen LogP contribution in [0.5, 0.6) is 11.6 Å². The molecule has 0 atom stereocenters. The summed E-state index contributed by atoms with van der Waals surface area (Å²) in [6, 6.07) is 15.6. The number of ether oxygens (including phenoxy) is 2. The monoisotopic (exact) mass is 406 g/mol. The number of hydrogen-bond acceptors (Lipinski definition) is 5. The number of methoxy groups -OCH3 is 1. The molecule has 0 spiro atoms. The fraction of sp³-hybridized carbons (Fsp3) is 0.348. The largest absolute Gasteiger partial charge is 0.497 e. The molecule has 0 bridgehead atoms. The summed E-state index contributed by atoms with van der Waals surface area (Å²) < 4.78 is 11.2. The maximum absolute atomic E-state index is 12.4. The number of hydrogen-bond donors (Lipinski definition) is 1. The van der Waals surface area contributed by atoms with Crippen molar-refractivity contribution in [2.24, 2.45) is 0 Å². The number of amides is 2. The van der Waals surface area contributed by atoms with Gasteiger partial charge in [-0.25, -0.2) is 14.8 Å². The van der Waals surface area contributed by atoms with Crippen LogP contribution >= 0.6 is 0 Å². The van der Waals surface area contributed by atoms with Crippen molar-refractivity contribution in [2.45, 2.75) is 25.4 Å². The third kappa shape index (κ3) is 4.97. The topological polar surface area (TPSA) is 76.6 Å². The second kappa shape index (κ2) is 9.43. The summed E-state index contributed by atoms with van der Waals surface area (Å²) in [4.78, 5) is 23.2. The van der Waals surface area contributed by atoms with Crippen molar-refractivity contribution in [2.75, 3.05) is 26.7 Å². The Kier molecular flexibility index (Phi) is 6.27. The first-order valence-electron chi connectivity index (χ1n) is 10.3. The molecule has 1 N–H and O–H groups in total. The molecule has 1 aliphatic rings. The van der Waals surface area contributed by atoms with Crippen LogP contribution in [-0.2, 0) is 6.42 Å². The van der Waals surface area contributed by atoms with Crippen LogP contribution in [0.3, 0.4) is 0 Å². The summed E-state index contributed by atoms with van der Waals surface area (Å²) >= 11 is 0. The Labute approximate surface area is 176 Å². The molecular formula is C23H26N4O3. The lowest BCUT2D eigenvalue weighted by Gasteiger charge is -2.31. The van der Waals surface area contributed by atoms with E-state index in [1.54, 1.807) is 13.3 Å². The molecular weight excluding hydrogens is 380 g/mol. The Hall–Kier alpha value is -3.35. The first-order chi connectivity index (χ1) is 14.7. The molecule has 0 radical (unpaired) electrons. The number of piperidine rings is 1. The highest BCUT2D eigenvalue weighted by molar-refractivity contribution is 5.74. The van der Waals surface area contributed by atoms with Crippen LogP contribution in [0.15, 0.2) is 54.7 Å². The van der Waals surface area contributed by atoms with Crippen LogP contribution in [0.1, 0.15) is 18.4 Å². The number of aromatic nitrogens is 2. The normalized spacial score (nSPS) is 14.5. The number of benzene rings is 2. The fourth-order valence-corrected chi connectivity index (χ4v) is 3.56. The molecule has 1 fully saturated rings. The highest BCUT2D eigenvalue weighted by atomic mass is 16.5. The van der Waals surface area contributed by atoms with Gasteiger partial charge in [0.25, 0.3) is 0 Å². The molecule has 30 heavy (non-hydrogen) atoms. The minimum Gasteiger partial charge on any atom is -0.497 e. The standard InChI is InChI=1S/C23H26N4O3/c1-29-18-8-6-17(7-9-18)10-13-24-23(28)27-14-11-19(12-15-27)30-22-16-25-20-4-2-3-5-21(20)26-22/h2-9,16,19H,10-15H2,1H3,(H,24,28). The van der Waals surface area contributed by atoms with Gasteiger partial charge in [-0.1, -0.05) is 24.3 Å². The van der Waals surface area contributed by atoms with Gasteiger partial charge in [0, 0.05) is 32.5 Å². The summed E-state index contributed by atoms with van der Waals surface area (Å²) in [5.41, 5.74) is 2.84. The number of nitrogens with zero attached hydrogens (tertiary/aromatic N) is 3. The SMILES string of the molecule is COc1ccc(CCNC(=O)N2CCC(Oc3cnc4ccccc4n3)CC2)cc1. The summed E-state index contributed by atoms with van der Waals surface area (Å²) in [5.74, 6) is 1.37. The summed E-state index contributed by atoms with van der Waals surface area (Å²) in [6.07, 6.45) is 4.06. The van der Waals surface area contributed by atoms with E-state index in [-0.39, 0.29) is 12.1 Å². The maximum Gasteiger partial charge on any atom is 0.317 e. The minimum absolute atomic E-state index is 0.0209. The molecule has 1 aromatic heterocycles. The van der Waals surface area contributed by atoms with Gasteiger partial charge in [-0.2, -0.15) is 0 Å². The van der Waals surface area contributed by atoms with E-state index in [9.17, 15) is 4.79 Å². The Morgan fingerprint density at radius 1 is 1.10 bits per heavy atom. The molecule has 0 aliphatic carbocycles. The van der Waals surface area contributed by atoms with Crippen molar-refractivity contribution in [1.29, 1.82) is 0 Å². The number of urea groups is 1. The van der Waals surface area contributed by atoms with E-state index in [0.29, 0.717) is 25.5 Å². The van der Waals surface area contributed by atoms with Crippen molar-refractivity contribution in [3.05, 3.63) is 60.3 Å². The number of likely N-dealkylation sites (tertiary alicyclic amines) is 1. The number of nitrogens with one attached hydrogen (secondary N) is 1. The molecule has 2 aromatic carbocycles. The zero-order chi connectivity index (χ0) is 20.8. The van der Waals surface area contributed by atoms with Crippen molar-refractivity contribution >= 4 is 17.1 Å². The molecule has 1 aliphatic heterocycles. The molecule has 3 aromatic rings. The predicted molar refractivity (Wildman–Crippen MR) is 115 cm³/mol. The summed E-state index contributed by atoms with van der Waals surface area (Å²) in [5, 5.41) is 3.01. The molecule has 0 unspecified atom stereocenters. The number of para-hydroxylation sites is 2. The molecule has 0 saturated carbocycles. The Bertz CT molecular complexity index is 985. The molecule has 1 saturated heterocycles. The average Bonchev–Trinajstić information content (AvgIpc) is 2.80. The first kappa shape index (κ1) is 19.9. The van der Waals surface area contributed by atoms with Crippen LogP contribution in [-0.4, -0.2) is 53.7 Å². The van der Waals surface area contributed by atoms with Gasteiger partial charge in [0.2, 0.25) is 5.88 Å². The maximum atomic E-state index is 12.4. The lowest BCUT2D eigenvalue weighted by molar-refractivity contribution is 0.107. The highest BCUT2D eigenvalue weighted by Gasteiger charge is 2.24. The molecule has 2 amide bonds.